The van der Waals surface area contributed by atoms with Gasteiger partial charge in [-0.25, -0.2) is 4.79 Å². The Morgan fingerprint density at radius 2 is 1.68 bits per heavy atom. The quantitative estimate of drug-likeness (QED) is 0.253. The number of terminal acetylenes is 1. The molecule has 3 amide bonds. The third-order valence-corrected chi connectivity index (χ3v) is 6.22. The number of unbranched alkanes of at least 4 members (excludes halogenated alkanes) is 2. The Labute approximate surface area is 238 Å². The number of hydrogen-bond donors (Lipinski definition) is 2. The Balaban J connectivity index is 2.57. The summed E-state index contributed by atoms with van der Waals surface area (Å²) >= 11 is 0. The van der Waals surface area contributed by atoms with Gasteiger partial charge in [0.1, 0.15) is 23.4 Å². The van der Waals surface area contributed by atoms with Crippen molar-refractivity contribution in [3.63, 3.8) is 0 Å². The van der Waals surface area contributed by atoms with E-state index in [1.807, 2.05) is 13.8 Å². The molecule has 2 rings (SSSR count). The maximum Gasteiger partial charge on any atom is 0.408 e. The largest absolute Gasteiger partial charge is 0.497 e. The van der Waals surface area contributed by atoms with E-state index in [4.69, 9.17) is 15.9 Å². The number of rotatable bonds is 12. The summed E-state index contributed by atoms with van der Waals surface area (Å²) in [4.78, 5) is 42.5. The summed E-state index contributed by atoms with van der Waals surface area (Å²) in [7, 11) is 1.57. The van der Waals surface area contributed by atoms with Crippen LogP contribution in [-0.2, 0) is 14.3 Å². The number of carbonyl (C=O) groups excluding carboxylic acids is 3. The first-order valence-electron chi connectivity index (χ1n) is 13.7. The maximum absolute atomic E-state index is 14.2. The molecule has 40 heavy (non-hydrogen) atoms. The first kappa shape index (κ1) is 32.2. The number of nitrogens with one attached hydrogen (secondary N) is 2. The lowest BCUT2D eigenvalue weighted by Gasteiger charge is -2.36. The van der Waals surface area contributed by atoms with Gasteiger partial charge in [0.25, 0.3) is 5.91 Å². The number of carbonyl (C=O) groups is 3. The lowest BCUT2D eigenvalue weighted by Crippen LogP contribution is -2.54. The van der Waals surface area contributed by atoms with Crippen molar-refractivity contribution in [2.45, 2.75) is 78.5 Å². The van der Waals surface area contributed by atoms with E-state index >= 15 is 0 Å². The van der Waals surface area contributed by atoms with Crippen LogP contribution in [-0.4, -0.2) is 48.1 Å². The standard InChI is InChI=1S/C32H43N3O5/c1-9-11-14-21-35(30(37)27(22(3)4)34-31(38)40-32(5,6)7)28(26-16-13-12-15-23(26)10-2)29(36)33-24-17-19-25(39-8)20-18-24/h2,12-13,15-20,22,27-28H,9,11,14,21H2,1,3-8H3,(H,33,36)(H,34,38). The molecule has 8 nitrogen and oxygen atoms in total. The van der Waals surface area contributed by atoms with Gasteiger partial charge in [0.05, 0.1) is 7.11 Å². The second-order valence-electron chi connectivity index (χ2n) is 11.0. The van der Waals surface area contributed by atoms with Crippen LogP contribution in [0.4, 0.5) is 10.5 Å². The summed E-state index contributed by atoms with van der Waals surface area (Å²) in [5, 5.41) is 5.68. The molecule has 0 aliphatic rings. The average Bonchev–Trinajstić information content (AvgIpc) is 2.90. The SMILES string of the molecule is C#Cc1ccccc1C(C(=O)Nc1ccc(OC)cc1)N(CCCCC)C(=O)C(NC(=O)OC(C)(C)C)C(C)C. The Bertz CT molecular complexity index is 1180. The van der Waals surface area contributed by atoms with E-state index in [-0.39, 0.29) is 5.92 Å². The van der Waals surface area contributed by atoms with Crippen LogP contribution in [0.25, 0.3) is 0 Å². The van der Waals surface area contributed by atoms with Crippen molar-refractivity contribution in [1.29, 1.82) is 0 Å². The molecule has 0 saturated heterocycles. The first-order valence-corrected chi connectivity index (χ1v) is 13.7. The van der Waals surface area contributed by atoms with Crippen LogP contribution >= 0.6 is 0 Å². The molecule has 2 unspecified atom stereocenters. The van der Waals surface area contributed by atoms with Crippen LogP contribution < -0.4 is 15.4 Å². The Hall–Kier alpha value is -3.99. The number of anilines is 1. The second kappa shape index (κ2) is 15.0. The highest BCUT2D eigenvalue weighted by Crippen LogP contribution is 2.29. The molecule has 2 atom stereocenters. The minimum absolute atomic E-state index is 0.276. The van der Waals surface area contributed by atoms with E-state index in [2.05, 4.69) is 23.5 Å². The molecular weight excluding hydrogens is 506 g/mol. The molecule has 0 bridgehead atoms. The molecule has 2 aromatic carbocycles. The molecule has 216 valence electrons. The average molecular weight is 550 g/mol. The van der Waals surface area contributed by atoms with E-state index in [1.54, 1.807) is 76.4 Å². The fraction of sp³-hybridized carbons (Fsp3) is 0.469. The van der Waals surface area contributed by atoms with Crippen LogP contribution in [0.3, 0.4) is 0 Å². The fourth-order valence-corrected chi connectivity index (χ4v) is 4.23. The smallest absolute Gasteiger partial charge is 0.408 e. The number of nitrogens with zero attached hydrogens (tertiary/aromatic N) is 1. The highest BCUT2D eigenvalue weighted by atomic mass is 16.6. The zero-order valence-corrected chi connectivity index (χ0v) is 24.7. The van der Waals surface area contributed by atoms with Gasteiger partial charge in [-0.2, -0.15) is 0 Å². The zero-order valence-electron chi connectivity index (χ0n) is 24.7. The van der Waals surface area contributed by atoms with Crippen molar-refractivity contribution < 1.29 is 23.9 Å². The van der Waals surface area contributed by atoms with E-state index in [0.717, 1.165) is 12.8 Å². The number of ether oxygens (including phenoxy) is 2. The number of amides is 3. The van der Waals surface area contributed by atoms with Gasteiger partial charge in [0.2, 0.25) is 5.91 Å². The molecule has 2 aromatic rings. The second-order valence-corrected chi connectivity index (χ2v) is 11.0. The summed E-state index contributed by atoms with van der Waals surface area (Å²) in [6.45, 7) is 11.3. The lowest BCUT2D eigenvalue weighted by molar-refractivity contribution is -0.141. The summed E-state index contributed by atoms with van der Waals surface area (Å²) in [6, 6.07) is 12.1. The van der Waals surface area contributed by atoms with Gasteiger partial charge < -0.3 is 25.0 Å². The monoisotopic (exact) mass is 549 g/mol. The highest BCUT2D eigenvalue weighted by molar-refractivity contribution is 5.99. The molecule has 2 N–H and O–H groups in total. The van der Waals surface area contributed by atoms with Crippen molar-refractivity contribution in [2.75, 3.05) is 19.0 Å². The van der Waals surface area contributed by atoms with E-state index in [1.165, 1.54) is 4.90 Å². The van der Waals surface area contributed by atoms with Crippen LogP contribution in [0.5, 0.6) is 5.75 Å². The molecule has 8 heteroatoms. The van der Waals surface area contributed by atoms with Crippen molar-refractivity contribution in [3.05, 3.63) is 59.7 Å². The van der Waals surface area contributed by atoms with Crippen LogP contribution in [0.15, 0.2) is 48.5 Å². The highest BCUT2D eigenvalue weighted by Gasteiger charge is 2.38. The summed E-state index contributed by atoms with van der Waals surface area (Å²) in [5.41, 5.74) is 0.844. The summed E-state index contributed by atoms with van der Waals surface area (Å²) in [6.07, 6.45) is 7.59. The molecular formula is C32H43N3O5. The van der Waals surface area contributed by atoms with Crippen molar-refractivity contribution in [1.82, 2.24) is 10.2 Å². The molecule has 0 radical (unpaired) electrons. The molecule has 0 aliphatic heterocycles. The lowest BCUT2D eigenvalue weighted by atomic mass is 9.95. The van der Waals surface area contributed by atoms with Crippen LogP contribution in [0.1, 0.15) is 78.0 Å². The van der Waals surface area contributed by atoms with E-state index in [0.29, 0.717) is 35.5 Å². The molecule has 0 spiro atoms. The minimum Gasteiger partial charge on any atom is -0.497 e. The number of methoxy groups -OCH3 is 1. The minimum atomic E-state index is -1.04. The van der Waals surface area contributed by atoms with Gasteiger partial charge in [-0.1, -0.05) is 57.7 Å². The van der Waals surface area contributed by atoms with Crippen molar-refractivity contribution >= 4 is 23.6 Å². The first-order chi connectivity index (χ1) is 18.9. The Morgan fingerprint density at radius 3 is 2.23 bits per heavy atom. The van der Waals surface area contributed by atoms with Gasteiger partial charge >= 0.3 is 6.09 Å². The summed E-state index contributed by atoms with van der Waals surface area (Å²) < 4.78 is 10.7. The van der Waals surface area contributed by atoms with Crippen molar-refractivity contribution in [2.24, 2.45) is 5.92 Å². The normalized spacial score (nSPS) is 12.6. The predicted molar refractivity (Wildman–Crippen MR) is 158 cm³/mol. The van der Waals surface area contributed by atoms with Gasteiger partial charge in [-0.3, -0.25) is 9.59 Å². The zero-order chi connectivity index (χ0) is 29.9. The van der Waals surface area contributed by atoms with E-state index in [9.17, 15) is 14.4 Å². The molecule has 0 saturated carbocycles. The number of hydrogen-bond acceptors (Lipinski definition) is 5. The fourth-order valence-electron chi connectivity index (χ4n) is 4.23. The molecule has 0 fully saturated rings. The Kier molecular flexibility index (Phi) is 12.1. The summed E-state index contributed by atoms with van der Waals surface area (Å²) in [5.74, 6) is 2.22. The molecule has 0 aromatic heterocycles. The number of alkyl carbamates (subject to hydrolysis) is 1. The van der Waals surface area contributed by atoms with Gasteiger partial charge in [-0.05, 0) is 69.0 Å². The Morgan fingerprint density at radius 1 is 1.02 bits per heavy atom. The van der Waals surface area contributed by atoms with Gasteiger partial charge in [0.15, 0.2) is 0 Å². The van der Waals surface area contributed by atoms with Crippen LogP contribution in [0, 0.1) is 18.3 Å². The van der Waals surface area contributed by atoms with Crippen molar-refractivity contribution in [3.8, 4) is 18.1 Å². The van der Waals surface area contributed by atoms with E-state index < -0.39 is 35.6 Å². The van der Waals surface area contributed by atoms with Crippen LogP contribution in [0.2, 0.25) is 0 Å². The maximum atomic E-state index is 14.2. The third-order valence-electron chi connectivity index (χ3n) is 6.22. The topological polar surface area (TPSA) is 97.0 Å². The number of benzene rings is 2. The van der Waals surface area contributed by atoms with Gasteiger partial charge in [0, 0.05) is 17.8 Å². The molecule has 0 aliphatic carbocycles. The van der Waals surface area contributed by atoms with Gasteiger partial charge in [-0.15, -0.1) is 6.42 Å². The molecule has 0 heterocycles. The predicted octanol–water partition coefficient (Wildman–Crippen LogP) is 5.92. The third kappa shape index (κ3) is 9.33.